The average molecular weight is 425 g/mol. The molecule has 1 aromatic carbocycles. The highest BCUT2D eigenvalue weighted by molar-refractivity contribution is 7.92. The summed E-state index contributed by atoms with van der Waals surface area (Å²) >= 11 is 0. The van der Waals surface area contributed by atoms with E-state index in [1.165, 1.54) is 0 Å². The van der Waals surface area contributed by atoms with Crippen LogP contribution in [0, 0.1) is 13.8 Å². The second-order valence-corrected chi connectivity index (χ2v) is 9.99. The van der Waals surface area contributed by atoms with Crippen LogP contribution in [-0.4, -0.2) is 59.2 Å². The lowest BCUT2D eigenvalue weighted by Gasteiger charge is -2.19. The molecule has 0 amide bonds. The van der Waals surface area contributed by atoms with Crippen LogP contribution in [0.1, 0.15) is 49.3 Å². The highest BCUT2D eigenvalue weighted by atomic mass is 32.2. The molecule has 0 radical (unpaired) electrons. The average Bonchev–Trinajstić information content (AvgIpc) is 2.93. The van der Waals surface area contributed by atoms with Crippen LogP contribution in [0.25, 0.3) is 6.08 Å². The van der Waals surface area contributed by atoms with Gasteiger partial charge in [-0.1, -0.05) is 25.0 Å². The Balaban J connectivity index is 2.22. The van der Waals surface area contributed by atoms with Crippen molar-refractivity contribution in [2.24, 2.45) is 0 Å². The Labute approximate surface area is 173 Å². The van der Waals surface area contributed by atoms with E-state index in [0.717, 1.165) is 35.1 Å². The number of rotatable bonds is 9. The Bertz CT molecular complexity index is 875. The number of hydrogen-bond donors (Lipinski definition) is 4. The normalized spacial score (nSPS) is 20.3. The van der Waals surface area contributed by atoms with Gasteiger partial charge in [0, 0.05) is 0 Å². The van der Waals surface area contributed by atoms with E-state index in [1.807, 2.05) is 32.1 Å². The Morgan fingerprint density at radius 2 is 1.83 bits per heavy atom. The van der Waals surface area contributed by atoms with Gasteiger partial charge in [-0.15, -0.1) is 0 Å². The summed E-state index contributed by atoms with van der Waals surface area (Å²) in [5.41, 5.74) is 4.23. The molecule has 0 aliphatic carbocycles. The fourth-order valence-corrected chi connectivity index (χ4v) is 5.91. The molecule has 2 rings (SSSR count). The largest absolute Gasteiger partial charge is 0.507 e. The van der Waals surface area contributed by atoms with Crippen molar-refractivity contribution in [3.05, 3.63) is 45.5 Å². The third-order valence-electron chi connectivity index (χ3n) is 5.47. The SMILES string of the molecule is CCC/C(=C\c1cc(C)c(O)c(C)c1)CC[C@@H](O)C1=C(CO)CS(=O)(=O)[C@H]1CO. The van der Waals surface area contributed by atoms with Crippen molar-refractivity contribution in [3.63, 3.8) is 0 Å². The summed E-state index contributed by atoms with van der Waals surface area (Å²) in [6, 6.07) is 3.82. The van der Waals surface area contributed by atoms with Crippen LogP contribution in [-0.2, 0) is 9.84 Å². The number of aryl methyl sites for hydroxylation is 2. The second kappa shape index (κ2) is 9.89. The predicted molar refractivity (Wildman–Crippen MR) is 114 cm³/mol. The number of benzene rings is 1. The molecular formula is C22H32O6S. The van der Waals surface area contributed by atoms with Crippen LogP contribution < -0.4 is 0 Å². The van der Waals surface area contributed by atoms with E-state index < -0.39 is 34.4 Å². The van der Waals surface area contributed by atoms with Gasteiger partial charge < -0.3 is 20.4 Å². The minimum atomic E-state index is -3.59. The van der Waals surface area contributed by atoms with E-state index in [4.69, 9.17) is 0 Å². The van der Waals surface area contributed by atoms with Crippen molar-refractivity contribution < 1.29 is 28.8 Å². The minimum absolute atomic E-state index is 0.252. The fraction of sp³-hybridized carbons (Fsp3) is 0.545. The molecule has 0 saturated heterocycles. The molecular weight excluding hydrogens is 392 g/mol. The van der Waals surface area contributed by atoms with E-state index in [2.05, 4.69) is 6.92 Å². The molecule has 0 bridgehead atoms. The van der Waals surface area contributed by atoms with Gasteiger partial charge in [-0.2, -0.15) is 0 Å². The standard InChI is InChI=1S/C22H32O6S/c1-4-5-16(10-17-8-14(2)22(26)15(3)9-17)6-7-19(25)21-18(11-23)13-29(27,28)20(21)12-24/h8-10,19-20,23-26H,4-7,11-13H2,1-3H3/b16-10+/t19-,20+/m1/s1. The number of aliphatic hydroxyl groups is 3. The Hall–Kier alpha value is -1.67. The topological polar surface area (TPSA) is 115 Å². The molecule has 1 heterocycles. The zero-order chi connectivity index (χ0) is 21.8. The van der Waals surface area contributed by atoms with Gasteiger partial charge >= 0.3 is 0 Å². The minimum Gasteiger partial charge on any atom is -0.507 e. The van der Waals surface area contributed by atoms with Crippen molar-refractivity contribution in [1.29, 1.82) is 0 Å². The number of phenols is 1. The monoisotopic (exact) mass is 424 g/mol. The Morgan fingerprint density at radius 1 is 1.21 bits per heavy atom. The quantitative estimate of drug-likeness (QED) is 0.453. The molecule has 6 nitrogen and oxygen atoms in total. The molecule has 0 aromatic heterocycles. The smallest absolute Gasteiger partial charge is 0.163 e. The van der Waals surface area contributed by atoms with Crippen LogP contribution in [0.3, 0.4) is 0 Å². The van der Waals surface area contributed by atoms with E-state index >= 15 is 0 Å². The van der Waals surface area contributed by atoms with E-state index in [9.17, 15) is 28.8 Å². The maximum atomic E-state index is 12.2. The molecule has 0 saturated carbocycles. The van der Waals surface area contributed by atoms with Crippen LogP contribution >= 0.6 is 0 Å². The van der Waals surface area contributed by atoms with Crippen molar-refractivity contribution in [1.82, 2.24) is 0 Å². The van der Waals surface area contributed by atoms with Gasteiger partial charge in [0.25, 0.3) is 0 Å². The zero-order valence-electron chi connectivity index (χ0n) is 17.4. The number of hydrogen-bond acceptors (Lipinski definition) is 6. The molecule has 1 aliphatic rings. The van der Waals surface area contributed by atoms with Crippen molar-refractivity contribution in [3.8, 4) is 5.75 Å². The number of allylic oxidation sites excluding steroid dienone is 1. The molecule has 162 valence electrons. The van der Waals surface area contributed by atoms with Gasteiger partial charge in [0.1, 0.15) is 11.0 Å². The summed E-state index contributed by atoms with van der Waals surface area (Å²) in [4.78, 5) is 0. The van der Waals surface area contributed by atoms with Crippen molar-refractivity contribution >= 4 is 15.9 Å². The number of phenolic OH excluding ortho intramolecular Hbond substituents is 1. The molecule has 1 aromatic rings. The van der Waals surface area contributed by atoms with Gasteiger partial charge in [-0.3, -0.25) is 0 Å². The van der Waals surface area contributed by atoms with Gasteiger partial charge in [0.2, 0.25) is 0 Å². The van der Waals surface area contributed by atoms with E-state index in [0.29, 0.717) is 18.4 Å². The van der Waals surface area contributed by atoms with Crippen LogP contribution in [0.5, 0.6) is 5.75 Å². The molecule has 4 N–H and O–H groups in total. The number of aliphatic hydroxyl groups excluding tert-OH is 3. The van der Waals surface area contributed by atoms with Gasteiger partial charge in [-0.25, -0.2) is 8.42 Å². The Morgan fingerprint density at radius 3 is 2.34 bits per heavy atom. The molecule has 2 atom stereocenters. The Kier molecular flexibility index (Phi) is 8.05. The lowest BCUT2D eigenvalue weighted by atomic mass is 9.93. The first kappa shape index (κ1) is 23.6. The summed E-state index contributed by atoms with van der Waals surface area (Å²) < 4.78 is 24.4. The second-order valence-electron chi connectivity index (χ2n) is 7.81. The predicted octanol–water partition coefficient (Wildman–Crippen LogP) is 2.41. The third kappa shape index (κ3) is 5.48. The maximum absolute atomic E-state index is 12.2. The van der Waals surface area contributed by atoms with Crippen LogP contribution in [0.2, 0.25) is 0 Å². The number of sulfone groups is 1. The first-order chi connectivity index (χ1) is 13.6. The summed E-state index contributed by atoms with van der Waals surface area (Å²) in [6.07, 6.45) is 3.65. The van der Waals surface area contributed by atoms with Crippen molar-refractivity contribution in [2.75, 3.05) is 19.0 Å². The summed E-state index contributed by atoms with van der Waals surface area (Å²) in [5.74, 6) is -0.0271. The first-order valence-corrected chi connectivity index (χ1v) is 11.7. The molecule has 0 spiro atoms. The molecule has 29 heavy (non-hydrogen) atoms. The zero-order valence-corrected chi connectivity index (χ0v) is 18.2. The van der Waals surface area contributed by atoms with Gasteiger partial charge in [-0.05, 0) is 73.1 Å². The van der Waals surface area contributed by atoms with Crippen LogP contribution in [0.4, 0.5) is 0 Å². The number of aromatic hydroxyl groups is 1. The van der Waals surface area contributed by atoms with Gasteiger partial charge in [0.15, 0.2) is 9.84 Å². The fourth-order valence-electron chi connectivity index (χ4n) is 4.02. The lowest BCUT2D eigenvalue weighted by Crippen LogP contribution is -2.29. The molecule has 7 heteroatoms. The summed E-state index contributed by atoms with van der Waals surface area (Å²) in [7, 11) is -3.59. The van der Waals surface area contributed by atoms with Gasteiger partial charge in [0.05, 0.1) is 25.1 Å². The molecule has 0 fully saturated rings. The molecule has 0 unspecified atom stereocenters. The molecule has 1 aliphatic heterocycles. The maximum Gasteiger partial charge on any atom is 0.163 e. The summed E-state index contributed by atoms with van der Waals surface area (Å²) in [6.45, 7) is 4.73. The summed E-state index contributed by atoms with van der Waals surface area (Å²) in [5, 5.41) is 38.5. The highest BCUT2D eigenvalue weighted by Gasteiger charge is 2.40. The van der Waals surface area contributed by atoms with E-state index in [-0.39, 0.29) is 17.1 Å². The van der Waals surface area contributed by atoms with Crippen LogP contribution in [0.15, 0.2) is 28.9 Å². The lowest BCUT2D eigenvalue weighted by molar-refractivity contribution is 0.186. The third-order valence-corrected chi connectivity index (χ3v) is 7.49. The van der Waals surface area contributed by atoms with E-state index in [1.54, 1.807) is 0 Å². The highest BCUT2D eigenvalue weighted by Crippen LogP contribution is 2.32. The first-order valence-electron chi connectivity index (χ1n) is 9.97. The van der Waals surface area contributed by atoms with Crippen molar-refractivity contribution in [2.45, 2.75) is 57.8 Å².